The zero-order valence-electron chi connectivity index (χ0n) is 13.5. The maximum absolute atomic E-state index is 5.98. The van der Waals surface area contributed by atoms with Gasteiger partial charge in [0, 0.05) is 19.6 Å². The maximum atomic E-state index is 5.98. The number of halogens is 1. The SMILES string of the molecule is CC1CCCCC1OCc1nc(C2CNCCN2C)no1.Cl. The summed E-state index contributed by atoms with van der Waals surface area (Å²) in [4.78, 5) is 6.77. The van der Waals surface area contributed by atoms with Crippen LogP contribution in [0.2, 0.25) is 0 Å². The van der Waals surface area contributed by atoms with Gasteiger partial charge in [-0.25, -0.2) is 0 Å². The Hall–Kier alpha value is -0.690. The van der Waals surface area contributed by atoms with E-state index in [0.717, 1.165) is 31.9 Å². The van der Waals surface area contributed by atoms with E-state index in [-0.39, 0.29) is 18.4 Å². The van der Waals surface area contributed by atoms with Crippen LogP contribution in [0.1, 0.15) is 50.4 Å². The molecule has 2 aliphatic rings. The Balaban J connectivity index is 0.00000176. The molecule has 2 heterocycles. The van der Waals surface area contributed by atoms with Crippen molar-refractivity contribution < 1.29 is 9.26 Å². The number of piperazine rings is 1. The minimum atomic E-state index is 0. The van der Waals surface area contributed by atoms with Gasteiger partial charge in [0.05, 0.1) is 12.1 Å². The predicted molar refractivity (Wildman–Crippen MR) is 86.0 cm³/mol. The lowest BCUT2D eigenvalue weighted by molar-refractivity contribution is -0.0252. The lowest BCUT2D eigenvalue weighted by atomic mass is 9.88. The van der Waals surface area contributed by atoms with Gasteiger partial charge in [-0.2, -0.15) is 4.98 Å². The number of aromatic nitrogens is 2. The van der Waals surface area contributed by atoms with Gasteiger partial charge < -0.3 is 14.6 Å². The van der Waals surface area contributed by atoms with Crippen LogP contribution in [-0.2, 0) is 11.3 Å². The Bertz CT molecular complexity index is 457. The molecule has 1 saturated heterocycles. The summed E-state index contributed by atoms with van der Waals surface area (Å²) < 4.78 is 11.3. The molecule has 1 aliphatic heterocycles. The number of ether oxygens (including phenoxy) is 1. The summed E-state index contributed by atoms with van der Waals surface area (Å²) in [5.74, 6) is 2.00. The van der Waals surface area contributed by atoms with Crippen molar-refractivity contribution in [3.8, 4) is 0 Å². The summed E-state index contributed by atoms with van der Waals surface area (Å²) in [7, 11) is 2.10. The van der Waals surface area contributed by atoms with Crippen molar-refractivity contribution in [2.24, 2.45) is 5.92 Å². The molecule has 3 rings (SSSR count). The van der Waals surface area contributed by atoms with Crippen molar-refractivity contribution in [1.82, 2.24) is 20.4 Å². The molecule has 1 aliphatic carbocycles. The molecule has 0 spiro atoms. The Kier molecular flexibility index (Phi) is 6.62. The van der Waals surface area contributed by atoms with Crippen LogP contribution in [-0.4, -0.2) is 47.8 Å². The first-order valence-electron chi connectivity index (χ1n) is 8.09. The van der Waals surface area contributed by atoms with Crippen molar-refractivity contribution in [3.05, 3.63) is 11.7 Å². The first-order valence-corrected chi connectivity index (χ1v) is 8.09. The molecule has 22 heavy (non-hydrogen) atoms. The van der Waals surface area contributed by atoms with Crippen LogP contribution in [0, 0.1) is 5.92 Å². The van der Waals surface area contributed by atoms with Crippen LogP contribution in [0.15, 0.2) is 4.52 Å². The second-order valence-electron chi connectivity index (χ2n) is 6.36. The molecule has 126 valence electrons. The molecule has 1 aromatic rings. The van der Waals surface area contributed by atoms with Crippen LogP contribution < -0.4 is 5.32 Å². The molecule has 3 atom stereocenters. The Morgan fingerprint density at radius 2 is 2.18 bits per heavy atom. The van der Waals surface area contributed by atoms with Gasteiger partial charge in [0.25, 0.3) is 5.89 Å². The number of hydrogen-bond donors (Lipinski definition) is 1. The van der Waals surface area contributed by atoms with Crippen molar-refractivity contribution in [2.75, 3.05) is 26.7 Å². The molecule has 1 N–H and O–H groups in total. The van der Waals surface area contributed by atoms with E-state index < -0.39 is 0 Å². The molecular weight excluding hydrogens is 304 g/mol. The van der Waals surface area contributed by atoms with Gasteiger partial charge in [0.15, 0.2) is 5.82 Å². The van der Waals surface area contributed by atoms with E-state index in [9.17, 15) is 0 Å². The number of nitrogens with one attached hydrogen (secondary N) is 1. The molecule has 0 aromatic carbocycles. The van der Waals surface area contributed by atoms with Crippen LogP contribution in [0.25, 0.3) is 0 Å². The van der Waals surface area contributed by atoms with E-state index in [1.54, 1.807) is 0 Å². The molecule has 0 radical (unpaired) electrons. The zero-order chi connectivity index (χ0) is 14.7. The van der Waals surface area contributed by atoms with Crippen LogP contribution >= 0.6 is 12.4 Å². The number of rotatable bonds is 4. The molecular formula is C15H27ClN4O2. The largest absolute Gasteiger partial charge is 0.368 e. The standard InChI is InChI=1S/C15H26N4O2.ClH/c1-11-5-3-4-6-13(11)20-10-14-17-15(18-21-14)12-9-16-7-8-19(12)2;/h11-13,16H,3-10H2,1-2H3;1H. The van der Waals surface area contributed by atoms with Gasteiger partial charge in [-0.3, -0.25) is 4.90 Å². The van der Waals surface area contributed by atoms with E-state index >= 15 is 0 Å². The fourth-order valence-corrected chi connectivity index (χ4v) is 3.26. The van der Waals surface area contributed by atoms with E-state index in [0.29, 0.717) is 24.5 Å². The molecule has 0 bridgehead atoms. The summed E-state index contributed by atoms with van der Waals surface area (Å²) in [6.07, 6.45) is 5.35. The maximum Gasteiger partial charge on any atom is 0.252 e. The van der Waals surface area contributed by atoms with Crippen molar-refractivity contribution >= 4 is 12.4 Å². The van der Waals surface area contributed by atoms with Crippen molar-refractivity contribution in [3.63, 3.8) is 0 Å². The van der Waals surface area contributed by atoms with E-state index in [2.05, 4.69) is 34.3 Å². The number of nitrogens with zero attached hydrogens (tertiary/aromatic N) is 3. The molecule has 7 heteroatoms. The third-order valence-electron chi connectivity index (χ3n) is 4.75. The summed E-state index contributed by atoms with van der Waals surface area (Å²) in [5, 5.41) is 7.49. The molecule has 2 fully saturated rings. The van der Waals surface area contributed by atoms with Crippen molar-refractivity contribution in [2.45, 2.75) is 51.4 Å². The Morgan fingerprint density at radius 3 is 2.95 bits per heavy atom. The molecule has 6 nitrogen and oxygen atoms in total. The second-order valence-corrected chi connectivity index (χ2v) is 6.36. The highest BCUT2D eigenvalue weighted by Gasteiger charge is 2.26. The monoisotopic (exact) mass is 330 g/mol. The molecule has 1 saturated carbocycles. The smallest absolute Gasteiger partial charge is 0.252 e. The molecule has 3 unspecified atom stereocenters. The van der Waals surface area contributed by atoms with Crippen LogP contribution in [0.4, 0.5) is 0 Å². The summed E-state index contributed by atoms with van der Waals surface area (Å²) in [6.45, 7) is 5.60. The lowest BCUT2D eigenvalue weighted by Crippen LogP contribution is -2.44. The van der Waals surface area contributed by atoms with Gasteiger partial charge >= 0.3 is 0 Å². The Morgan fingerprint density at radius 1 is 1.36 bits per heavy atom. The van der Waals surface area contributed by atoms with Gasteiger partial charge in [0.1, 0.15) is 6.61 Å². The lowest BCUT2D eigenvalue weighted by Gasteiger charge is -2.30. The third-order valence-corrected chi connectivity index (χ3v) is 4.75. The number of likely N-dealkylation sites (N-methyl/N-ethyl adjacent to an activating group) is 1. The van der Waals surface area contributed by atoms with Crippen LogP contribution in [0.3, 0.4) is 0 Å². The third kappa shape index (κ3) is 4.19. The van der Waals surface area contributed by atoms with E-state index in [4.69, 9.17) is 9.26 Å². The molecule has 1 aromatic heterocycles. The first kappa shape index (κ1) is 17.7. The van der Waals surface area contributed by atoms with Gasteiger partial charge in [-0.15, -0.1) is 12.4 Å². The fourth-order valence-electron chi connectivity index (χ4n) is 3.26. The van der Waals surface area contributed by atoms with Gasteiger partial charge in [-0.1, -0.05) is 24.9 Å². The topological polar surface area (TPSA) is 63.4 Å². The number of hydrogen-bond acceptors (Lipinski definition) is 6. The highest BCUT2D eigenvalue weighted by molar-refractivity contribution is 5.85. The highest BCUT2D eigenvalue weighted by atomic mass is 35.5. The second kappa shape index (κ2) is 8.24. The average Bonchev–Trinajstić information content (AvgIpc) is 2.96. The van der Waals surface area contributed by atoms with E-state index in [1.807, 2.05) is 0 Å². The first-order chi connectivity index (χ1) is 10.2. The minimum absolute atomic E-state index is 0. The summed E-state index contributed by atoms with van der Waals surface area (Å²) >= 11 is 0. The highest BCUT2D eigenvalue weighted by Crippen LogP contribution is 2.27. The summed E-state index contributed by atoms with van der Waals surface area (Å²) in [5.41, 5.74) is 0. The van der Waals surface area contributed by atoms with Gasteiger partial charge in [0.2, 0.25) is 0 Å². The predicted octanol–water partition coefficient (Wildman–Crippen LogP) is 2.16. The normalized spacial score (nSPS) is 30.0. The molecule has 0 amide bonds. The van der Waals surface area contributed by atoms with Gasteiger partial charge in [-0.05, 0) is 25.8 Å². The zero-order valence-corrected chi connectivity index (χ0v) is 14.3. The van der Waals surface area contributed by atoms with Crippen molar-refractivity contribution in [1.29, 1.82) is 0 Å². The minimum Gasteiger partial charge on any atom is -0.368 e. The average molecular weight is 331 g/mol. The fraction of sp³-hybridized carbons (Fsp3) is 0.867. The summed E-state index contributed by atoms with van der Waals surface area (Å²) in [6, 6.07) is 0.199. The van der Waals surface area contributed by atoms with E-state index in [1.165, 1.54) is 19.3 Å². The quantitative estimate of drug-likeness (QED) is 0.912. The Labute approximate surface area is 138 Å². The van der Waals surface area contributed by atoms with Crippen LogP contribution in [0.5, 0.6) is 0 Å².